The summed E-state index contributed by atoms with van der Waals surface area (Å²) in [6.45, 7) is 6.43. The Kier molecular flexibility index (Phi) is 6.43. The number of carbonyl (C=O) groups excluding carboxylic acids is 2. The summed E-state index contributed by atoms with van der Waals surface area (Å²) >= 11 is 6.65. The smallest absolute Gasteiger partial charge is 0.208 e. The van der Waals surface area contributed by atoms with E-state index in [0.717, 1.165) is 13.1 Å². The zero-order valence-electron chi connectivity index (χ0n) is 17.8. The van der Waals surface area contributed by atoms with Gasteiger partial charge < -0.3 is 24.0 Å². The lowest BCUT2D eigenvalue weighted by molar-refractivity contribution is -0.124. The van der Waals surface area contributed by atoms with Crippen molar-refractivity contribution in [3.8, 4) is 17.2 Å². The maximum absolute atomic E-state index is 13.6. The van der Waals surface area contributed by atoms with E-state index in [4.69, 9.17) is 25.8 Å². The highest BCUT2D eigenvalue weighted by molar-refractivity contribution is 6.61. The van der Waals surface area contributed by atoms with Gasteiger partial charge in [0.25, 0.3) is 0 Å². The number of benzene rings is 1. The second-order valence-corrected chi connectivity index (χ2v) is 8.02. The van der Waals surface area contributed by atoms with Crippen LogP contribution in [0.2, 0.25) is 0 Å². The number of alkyl halides is 1. The van der Waals surface area contributed by atoms with Gasteiger partial charge in [0.2, 0.25) is 5.78 Å². The normalized spacial score (nSPS) is 22.5. The van der Waals surface area contributed by atoms with Gasteiger partial charge in [0.05, 0.1) is 38.2 Å². The molecule has 2 aliphatic rings. The molecule has 1 aromatic carbocycles. The summed E-state index contributed by atoms with van der Waals surface area (Å²) in [5, 5.41) is 0. The summed E-state index contributed by atoms with van der Waals surface area (Å²) in [6.07, 6.45) is 1.53. The summed E-state index contributed by atoms with van der Waals surface area (Å²) in [7, 11) is 6.54. The minimum absolute atomic E-state index is 0.0355. The van der Waals surface area contributed by atoms with Gasteiger partial charge >= 0.3 is 0 Å². The number of carbonyl (C=O) groups is 2. The Bertz CT molecular complexity index is 880. The molecule has 1 atom stereocenters. The van der Waals surface area contributed by atoms with E-state index in [1.807, 2.05) is 11.9 Å². The molecule has 1 heterocycles. The molecule has 7 nitrogen and oxygen atoms in total. The molecule has 3 rings (SSSR count). The molecular formula is C22H27ClN2O5. The predicted molar refractivity (Wildman–Crippen MR) is 116 cm³/mol. The van der Waals surface area contributed by atoms with Crippen LogP contribution in [0, 0.1) is 0 Å². The van der Waals surface area contributed by atoms with E-state index in [0.29, 0.717) is 41.6 Å². The zero-order valence-corrected chi connectivity index (χ0v) is 18.5. The molecule has 1 aliphatic heterocycles. The molecule has 0 aromatic heterocycles. The Morgan fingerprint density at radius 3 is 2.07 bits per heavy atom. The standard InChI is InChI=1S/C22H27ClN2O5/c1-6-7-22(23)20(26)18(19(21(22)27)25-10-8-24(2)9-11-25)17-15(29-4)12-14(28-3)13-16(17)30-5/h6,12-13H,1,7-11H2,2-5H3. The molecule has 0 amide bonds. The van der Waals surface area contributed by atoms with Crippen molar-refractivity contribution in [3.63, 3.8) is 0 Å². The van der Waals surface area contributed by atoms with Crippen LogP contribution in [0.1, 0.15) is 12.0 Å². The molecule has 1 aromatic rings. The van der Waals surface area contributed by atoms with E-state index in [1.165, 1.54) is 27.4 Å². The second kappa shape index (κ2) is 8.70. The van der Waals surface area contributed by atoms with E-state index in [2.05, 4.69) is 11.5 Å². The van der Waals surface area contributed by atoms with Crippen molar-refractivity contribution in [2.24, 2.45) is 0 Å². The van der Waals surface area contributed by atoms with Crippen molar-refractivity contribution in [2.75, 3.05) is 54.6 Å². The maximum Gasteiger partial charge on any atom is 0.208 e. The summed E-state index contributed by atoms with van der Waals surface area (Å²) in [5.41, 5.74) is 0.934. The first-order valence-electron chi connectivity index (χ1n) is 9.69. The third kappa shape index (κ3) is 3.56. The lowest BCUT2D eigenvalue weighted by atomic mass is 9.94. The number of nitrogens with zero attached hydrogens (tertiary/aromatic N) is 2. The maximum atomic E-state index is 13.6. The number of Topliss-reactive ketones (excluding diaryl/α,β-unsaturated/α-hetero) is 2. The molecule has 0 N–H and O–H groups in total. The van der Waals surface area contributed by atoms with Gasteiger partial charge in [-0.05, 0) is 13.5 Å². The Labute approximate surface area is 181 Å². The third-order valence-electron chi connectivity index (χ3n) is 5.61. The molecule has 0 spiro atoms. The van der Waals surface area contributed by atoms with Gasteiger partial charge in [-0.25, -0.2) is 0 Å². The first-order chi connectivity index (χ1) is 14.3. The average Bonchev–Trinajstić information content (AvgIpc) is 2.94. The fourth-order valence-electron chi connectivity index (χ4n) is 3.91. The Hall–Kier alpha value is -2.51. The van der Waals surface area contributed by atoms with E-state index in [-0.39, 0.29) is 12.0 Å². The molecular weight excluding hydrogens is 408 g/mol. The summed E-state index contributed by atoms with van der Waals surface area (Å²) in [6, 6.07) is 3.32. The van der Waals surface area contributed by atoms with E-state index < -0.39 is 16.4 Å². The van der Waals surface area contributed by atoms with Crippen LogP contribution >= 0.6 is 11.6 Å². The number of halogens is 1. The molecule has 1 aliphatic carbocycles. The Morgan fingerprint density at radius 2 is 1.60 bits per heavy atom. The van der Waals surface area contributed by atoms with Crippen LogP contribution in [0.3, 0.4) is 0 Å². The summed E-state index contributed by atoms with van der Waals surface area (Å²) in [5.74, 6) is 0.370. The minimum Gasteiger partial charge on any atom is -0.496 e. The number of likely N-dealkylation sites (N-methyl/N-ethyl adjacent to an activating group) is 1. The number of hydrogen-bond acceptors (Lipinski definition) is 7. The Morgan fingerprint density at radius 1 is 1.03 bits per heavy atom. The highest BCUT2D eigenvalue weighted by atomic mass is 35.5. The van der Waals surface area contributed by atoms with Gasteiger partial charge in [-0.2, -0.15) is 0 Å². The predicted octanol–water partition coefficient (Wildman–Crippen LogP) is 2.38. The second-order valence-electron chi connectivity index (χ2n) is 7.37. The van der Waals surface area contributed by atoms with Crippen LogP contribution in [0.25, 0.3) is 5.57 Å². The number of hydrogen-bond donors (Lipinski definition) is 0. The van der Waals surface area contributed by atoms with Crippen LogP contribution in [0.15, 0.2) is 30.5 Å². The third-order valence-corrected chi connectivity index (χ3v) is 6.11. The number of rotatable bonds is 7. The average molecular weight is 435 g/mol. The number of ketones is 2. The van der Waals surface area contributed by atoms with Crippen molar-refractivity contribution in [1.82, 2.24) is 9.80 Å². The van der Waals surface area contributed by atoms with Gasteiger partial charge in [-0.3, -0.25) is 9.59 Å². The number of methoxy groups -OCH3 is 3. The lowest BCUT2D eigenvalue weighted by Crippen LogP contribution is -2.46. The molecule has 30 heavy (non-hydrogen) atoms. The Balaban J connectivity index is 2.28. The quantitative estimate of drug-likeness (QED) is 0.370. The van der Waals surface area contributed by atoms with E-state index >= 15 is 0 Å². The minimum atomic E-state index is -1.72. The summed E-state index contributed by atoms with van der Waals surface area (Å²) < 4.78 is 16.4. The van der Waals surface area contributed by atoms with Gasteiger partial charge in [-0.15, -0.1) is 18.2 Å². The van der Waals surface area contributed by atoms with E-state index in [1.54, 1.807) is 12.1 Å². The first kappa shape index (κ1) is 22.2. The molecule has 0 bridgehead atoms. The SMILES string of the molecule is C=CCC1(Cl)C(=O)C(c2c(OC)cc(OC)cc2OC)=C(N2CCN(C)CC2)C1=O. The van der Waals surface area contributed by atoms with Crippen LogP contribution in [0.5, 0.6) is 17.2 Å². The van der Waals surface area contributed by atoms with Gasteiger partial charge in [0.1, 0.15) is 17.2 Å². The van der Waals surface area contributed by atoms with Crippen LogP contribution in [-0.2, 0) is 9.59 Å². The monoisotopic (exact) mass is 434 g/mol. The van der Waals surface area contributed by atoms with Gasteiger partial charge in [0.15, 0.2) is 10.7 Å². The number of piperazine rings is 1. The number of ether oxygens (including phenoxy) is 3. The van der Waals surface area contributed by atoms with Crippen molar-refractivity contribution >= 4 is 28.7 Å². The van der Waals surface area contributed by atoms with Crippen LogP contribution in [0.4, 0.5) is 0 Å². The summed E-state index contributed by atoms with van der Waals surface area (Å²) in [4.78, 5) is 29.5. The van der Waals surface area contributed by atoms with Crippen LogP contribution in [-0.4, -0.2) is 80.8 Å². The molecule has 0 saturated carbocycles. The topological polar surface area (TPSA) is 68.3 Å². The highest BCUT2D eigenvalue weighted by Gasteiger charge is 2.55. The van der Waals surface area contributed by atoms with Crippen molar-refractivity contribution in [3.05, 3.63) is 36.0 Å². The van der Waals surface area contributed by atoms with Crippen molar-refractivity contribution in [1.29, 1.82) is 0 Å². The molecule has 1 unspecified atom stereocenters. The molecule has 1 saturated heterocycles. The van der Waals surface area contributed by atoms with Crippen molar-refractivity contribution < 1.29 is 23.8 Å². The highest BCUT2D eigenvalue weighted by Crippen LogP contribution is 2.48. The van der Waals surface area contributed by atoms with Crippen molar-refractivity contribution in [2.45, 2.75) is 11.3 Å². The van der Waals surface area contributed by atoms with Crippen LogP contribution < -0.4 is 14.2 Å². The van der Waals surface area contributed by atoms with Gasteiger partial charge in [0, 0.05) is 38.3 Å². The number of allylic oxidation sites excluding steroid dienone is 3. The zero-order chi connectivity index (χ0) is 22.1. The van der Waals surface area contributed by atoms with E-state index in [9.17, 15) is 9.59 Å². The molecule has 8 heteroatoms. The molecule has 162 valence electrons. The first-order valence-corrected chi connectivity index (χ1v) is 10.1. The fraction of sp³-hybridized carbons (Fsp3) is 0.455. The largest absolute Gasteiger partial charge is 0.496 e. The fourth-order valence-corrected chi connectivity index (χ4v) is 4.20. The lowest BCUT2D eigenvalue weighted by Gasteiger charge is -2.35. The van der Waals surface area contributed by atoms with Gasteiger partial charge in [-0.1, -0.05) is 6.08 Å². The molecule has 0 radical (unpaired) electrons. The molecule has 1 fully saturated rings.